The molecule has 0 aliphatic heterocycles. The summed E-state index contributed by atoms with van der Waals surface area (Å²) in [7, 11) is 0. The summed E-state index contributed by atoms with van der Waals surface area (Å²) < 4.78 is 0. The highest BCUT2D eigenvalue weighted by atomic mass is 16.3. The van der Waals surface area contributed by atoms with Gasteiger partial charge in [0.15, 0.2) is 11.5 Å². The maximum atomic E-state index is 12.3. The minimum atomic E-state index is -0.444. The number of carbonyl (C=O) groups excluding carboxylic acids is 2. The van der Waals surface area contributed by atoms with E-state index in [1.807, 2.05) is 6.07 Å². The standard InChI is InChI=1S/C21H17N5O4/c22-10-13-1-3-14(4-2-13)11-23-21(30)16-9-19(25-12-24-16)26-20(29)8-15-5-6-17(27)18(28)7-15/h1-7,9,12,27-28H,8,11H2,(H,23,30)(H,24,25,26,29). The van der Waals surface area contributed by atoms with Gasteiger partial charge in [-0.2, -0.15) is 5.26 Å². The molecule has 0 fully saturated rings. The normalized spacial score (nSPS) is 10.1. The number of rotatable bonds is 6. The van der Waals surface area contributed by atoms with E-state index in [9.17, 15) is 19.8 Å². The summed E-state index contributed by atoms with van der Waals surface area (Å²) in [5.74, 6) is -1.29. The molecule has 150 valence electrons. The number of amides is 2. The molecule has 0 radical (unpaired) electrons. The predicted molar refractivity (Wildman–Crippen MR) is 106 cm³/mol. The van der Waals surface area contributed by atoms with Crippen LogP contribution in [-0.4, -0.2) is 32.0 Å². The van der Waals surface area contributed by atoms with E-state index in [4.69, 9.17) is 5.26 Å². The number of carbonyl (C=O) groups is 2. The number of aromatic hydroxyl groups is 2. The molecule has 2 aromatic carbocycles. The van der Waals surface area contributed by atoms with E-state index in [-0.39, 0.29) is 36.0 Å². The summed E-state index contributed by atoms with van der Waals surface area (Å²) in [5, 5.41) is 32.9. The number of phenolic OH excluding ortho intramolecular Hbond substituents is 2. The summed E-state index contributed by atoms with van der Waals surface area (Å²) >= 11 is 0. The molecule has 9 heteroatoms. The van der Waals surface area contributed by atoms with E-state index < -0.39 is 11.8 Å². The third kappa shape index (κ3) is 5.30. The fourth-order valence-electron chi connectivity index (χ4n) is 2.57. The average Bonchev–Trinajstić information content (AvgIpc) is 2.75. The van der Waals surface area contributed by atoms with E-state index in [2.05, 4.69) is 20.6 Å². The molecule has 3 aromatic rings. The first kappa shape index (κ1) is 20.3. The van der Waals surface area contributed by atoms with Crippen molar-refractivity contribution in [2.24, 2.45) is 0 Å². The van der Waals surface area contributed by atoms with Gasteiger partial charge in [-0.25, -0.2) is 9.97 Å². The van der Waals surface area contributed by atoms with Gasteiger partial charge < -0.3 is 20.8 Å². The molecule has 3 rings (SSSR count). The first-order valence-corrected chi connectivity index (χ1v) is 8.84. The van der Waals surface area contributed by atoms with Crippen molar-refractivity contribution < 1.29 is 19.8 Å². The molecule has 0 unspecified atom stereocenters. The lowest BCUT2D eigenvalue weighted by Crippen LogP contribution is -2.24. The molecule has 2 amide bonds. The van der Waals surface area contributed by atoms with Crippen molar-refractivity contribution in [2.45, 2.75) is 13.0 Å². The van der Waals surface area contributed by atoms with E-state index >= 15 is 0 Å². The number of anilines is 1. The van der Waals surface area contributed by atoms with Crippen LogP contribution >= 0.6 is 0 Å². The Labute approximate surface area is 171 Å². The van der Waals surface area contributed by atoms with Gasteiger partial charge in [0.1, 0.15) is 17.8 Å². The summed E-state index contributed by atoms with van der Waals surface area (Å²) in [6.45, 7) is 0.251. The number of hydrogen-bond donors (Lipinski definition) is 4. The van der Waals surface area contributed by atoms with E-state index in [1.54, 1.807) is 24.3 Å². The lowest BCUT2D eigenvalue weighted by molar-refractivity contribution is -0.115. The molecule has 0 aliphatic carbocycles. The van der Waals surface area contributed by atoms with Crippen LogP contribution in [-0.2, 0) is 17.8 Å². The van der Waals surface area contributed by atoms with Gasteiger partial charge in [-0.1, -0.05) is 18.2 Å². The van der Waals surface area contributed by atoms with Gasteiger partial charge in [0.25, 0.3) is 5.91 Å². The largest absolute Gasteiger partial charge is 0.504 e. The highest BCUT2D eigenvalue weighted by Gasteiger charge is 2.11. The fourth-order valence-corrected chi connectivity index (χ4v) is 2.57. The molecule has 0 aliphatic rings. The van der Waals surface area contributed by atoms with E-state index in [1.165, 1.54) is 30.6 Å². The Bertz CT molecular complexity index is 1120. The van der Waals surface area contributed by atoms with Gasteiger partial charge >= 0.3 is 0 Å². The highest BCUT2D eigenvalue weighted by molar-refractivity contribution is 5.95. The molecule has 0 saturated heterocycles. The second-order valence-electron chi connectivity index (χ2n) is 6.33. The summed E-state index contributed by atoms with van der Waals surface area (Å²) in [6, 6.07) is 14.3. The number of aromatic nitrogens is 2. The molecular formula is C21H17N5O4. The van der Waals surface area contributed by atoms with Gasteiger partial charge in [-0.3, -0.25) is 9.59 Å². The maximum absolute atomic E-state index is 12.3. The molecule has 30 heavy (non-hydrogen) atoms. The van der Waals surface area contributed by atoms with Crippen molar-refractivity contribution in [2.75, 3.05) is 5.32 Å². The molecule has 0 bridgehead atoms. The average molecular weight is 403 g/mol. The second-order valence-corrected chi connectivity index (χ2v) is 6.33. The molecule has 0 spiro atoms. The quantitative estimate of drug-likeness (QED) is 0.459. The van der Waals surface area contributed by atoms with Gasteiger partial charge in [0.05, 0.1) is 18.1 Å². The van der Waals surface area contributed by atoms with Crippen molar-refractivity contribution in [3.63, 3.8) is 0 Å². The lowest BCUT2D eigenvalue weighted by atomic mass is 10.1. The molecular weight excluding hydrogens is 386 g/mol. The number of nitrogens with zero attached hydrogens (tertiary/aromatic N) is 3. The number of benzene rings is 2. The van der Waals surface area contributed by atoms with E-state index in [0.29, 0.717) is 11.1 Å². The predicted octanol–water partition coefficient (Wildman–Crippen LogP) is 1.87. The Balaban J connectivity index is 1.58. The molecule has 1 aromatic heterocycles. The lowest BCUT2D eigenvalue weighted by Gasteiger charge is -2.08. The maximum Gasteiger partial charge on any atom is 0.270 e. The van der Waals surface area contributed by atoms with Crippen LogP contribution in [0.15, 0.2) is 54.9 Å². The third-order valence-corrected chi connectivity index (χ3v) is 4.11. The Hall–Kier alpha value is -4.45. The van der Waals surface area contributed by atoms with Crippen LogP contribution in [0.25, 0.3) is 0 Å². The molecule has 4 N–H and O–H groups in total. The fraction of sp³-hybridized carbons (Fsp3) is 0.0952. The molecule has 1 heterocycles. The highest BCUT2D eigenvalue weighted by Crippen LogP contribution is 2.25. The Morgan fingerprint density at radius 2 is 1.70 bits per heavy atom. The zero-order chi connectivity index (χ0) is 21.5. The van der Waals surface area contributed by atoms with Gasteiger partial charge in [-0.15, -0.1) is 0 Å². The minimum absolute atomic E-state index is 0.0575. The summed E-state index contributed by atoms with van der Waals surface area (Å²) in [6.07, 6.45) is 1.11. The van der Waals surface area contributed by atoms with Crippen molar-refractivity contribution in [1.82, 2.24) is 15.3 Å². The van der Waals surface area contributed by atoms with Crippen LogP contribution < -0.4 is 10.6 Å². The van der Waals surface area contributed by atoms with Crippen LogP contribution in [0.5, 0.6) is 11.5 Å². The zero-order valence-electron chi connectivity index (χ0n) is 15.7. The first-order chi connectivity index (χ1) is 14.4. The van der Waals surface area contributed by atoms with Gasteiger partial charge in [-0.05, 0) is 35.4 Å². The van der Waals surface area contributed by atoms with Crippen molar-refractivity contribution in [1.29, 1.82) is 5.26 Å². The van der Waals surface area contributed by atoms with Crippen LogP contribution in [0.2, 0.25) is 0 Å². The summed E-state index contributed by atoms with van der Waals surface area (Å²) in [4.78, 5) is 32.3. The van der Waals surface area contributed by atoms with Crippen LogP contribution in [0.4, 0.5) is 5.82 Å². The SMILES string of the molecule is N#Cc1ccc(CNC(=O)c2cc(NC(=O)Cc3ccc(O)c(O)c3)ncn2)cc1. The molecule has 9 nitrogen and oxygen atoms in total. The Kier molecular flexibility index (Phi) is 6.20. The number of nitriles is 1. The van der Waals surface area contributed by atoms with Crippen molar-refractivity contribution >= 4 is 17.6 Å². The number of hydrogen-bond acceptors (Lipinski definition) is 7. The first-order valence-electron chi connectivity index (χ1n) is 8.84. The third-order valence-electron chi connectivity index (χ3n) is 4.11. The monoisotopic (exact) mass is 403 g/mol. The smallest absolute Gasteiger partial charge is 0.270 e. The van der Waals surface area contributed by atoms with Gasteiger partial charge in [0.2, 0.25) is 5.91 Å². The van der Waals surface area contributed by atoms with Gasteiger partial charge in [0, 0.05) is 12.6 Å². The van der Waals surface area contributed by atoms with Crippen molar-refractivity contribution in [3.8, 4) is 17.6 Å². The van der Waals surface area contributed by atoms with Crippen LogP contribution in [0.1, 0.15) is 27.2 Å². The van der Waals surface area contributed by atoms with Crippen molar-refractivity contribution in [3.05, 3.63) is 77.2 Å². The minimum Gasteiger partial charge on any atom is -0.504 e. The number of phenols is 2. The van der Waals surface area contributed by atoms with Crippen LogP contribution in [0, 0.1) is 11.3 Å². The summed E-state index contributed by atoms with van der Waals surface area (Å²) in [5.41, 5.74) is 1.93. The Morgan fingerprint density at radius 1 is 0.967 bits per heavy atom. The Morgan fingerprint density at radius 3 is 2.40 bits per heavy atom. The topological polar surface area (TPSA) is 148 Å². The number of nitrogens with one attached hydrogen (secondary N) is 2. The second kappa shape index (κ2) is 9.16. The zero-order valence-corrected chi connectivity index (χ0v) is 15.7. The van der Waals surface area contributed by atoms with E-state index in [0.717, 1.165) is 5.56 Å². The molecule has 0 saturated carbocycles. The molecule has 0 atom stereocenters. The van der Waals surface area contributed by atoms with Crippen LogP contribution in [0.3, 0.4) is 0 Å².